The number of rotatable bonds is 1. The van der Waals surface area contributed by atoms with Crippen LogP contribution < -0.4 is 4.90 Å². The van der Waals surface area contributed by atoms with E-state index in [0.29, 0.717) is 0 Å². The van der Waals surface area contributed by atoms with Gasteiger partial charge in [0.15, 0.2) is 0 Å². The summed E-state index contributed by atoms with van der Waals surface area (Å²) in [6.07, 6.45) is 7.29. The Morgan fingerprint density at radius 2 is 2.29 bits per heavy atom. The van der Waals surface area contributed by atoms with E-state index in [2.05, 4.69) is 42.9 Å². The number of aryl methyl sites for hydroxylation is 1. The van der Waals surface area contributed by atoms with Gasteiger partial charge in [0.25, 0.3) is 0 Å². The summed E-state index contributed by atoms with van der Waals surface area (Å²) >= 11 is 3.48. The summed E-state index contributed by atoms with van der Waals surface area (Å²) in [6.45, 7) is 3.89. The first kappa shape index (κ1) is 9.65. The van der Waals surface area contributed by atoms with Crippen molar-refractivity contribution in [3.05, 3.63) is 28.6 Å². The molecule has 4 heteroatoms. The number of anilines is 1. The van der Waals surface area contributed by atoms with E-state index in [1.807, 2.05) is 13.1 Å². The van der Waals surface area contributed by atoms with Crippen LogP contribution in [0.15, 0.2) is 22.8 Å². The van der Waals surface area contributed by atoms with E-state index in [9.17, 15) is 0 Å². The molecular formula is C10H12BrN3. The predicted molar refractivity (Wildman–Crippen MR) is 60.4 cm³/mol. The Bertz CT molecular complexity index is 362. The first-order valence-electron chi connectivity index (χ1n) is 4.66. The molecule has 0 radical (unpaired) electrons. The summed E-state index contributed by atoms with van der Waals surface area (Å²) in [5, 5.41) is 0. The standard InChI is InChI=1S/C10H12BrN3/c1-8-12-7-9(11)10(13-8)14-5-3-2-4-6-14/h2-3,7H,4-6H2,1H3. The molecule has 0 saturated carbocycles. The van der Waals surface area contributed by atoms with Crippen molar-refractivity contribution in [1.29, 1.82) is 0 Å². The highest BCUT2D eigenvalue weighted by molar-refractivity contribution is 9.10. The number of aromatic nitrogens is 2. The minimum Gasteiger partial charge on any atom is -0.352 e. The Kier molecular flexibility index (Phi) is 2.82. The predicted octanol–water partition coefficient (Wildman–Crippen LogP) is 2.31. The molecule has 0 aromatic carbocycles. The van der Waals surface area contributed by atoms with Gasteiger partial charge in [0.05, 0.1) is 4.47 Å². The molecule has 0 aliphatic carbocycles. The lowest BCUT2D eigenvalue weighted by Gasteiger charge is -2.25. The van der Waals surface area contributed by atoms with Crippen molar-refractivity contribution in [3.63, 3.8) is 0 Å². The fourth-order valence-electron chi connectivity index (χ4n) is 1.50. The van der Waals surface area contributed by atoms with Gasteiger partial charge >= 0.3 is 0 Å². The van der Waals surface area contributed by atoms with Crippen LogP contribution in [0.4, 0.5) is 5.82 Å². The van der Waals surface area contributed by atoms with Crippen molar-refractivity contribution in [3.8, 4) is 0 Å². The average molecular weight is 254 g/mol. The topological polar surface area (TPSA) is 29.0 Å². The van der Waals surface area contributed by atoms with Gasteiger partial charge in [0.2, 0.25) is 0 Å². The van der Waals surface area contributed by atoms with Gasteiger partial charge in [0.1, 0.15) is 11.6 Å². The maximum Gasteiger partial charge on any atom is 0.146 e. The molecule has 1 aliphatic rings. The minimum atomic E-state index is 0.817. The molecule has 1 aliphatic heterocycles. The van der Waals surface area contributed by atoms with E-state index in [1.165, 1.54) is 0 Å². The largest absolute Gasteiger partial charge is 0.352 e. The first-order chi connectivity index (χ1) is 6.77. The fourth-order valence-corrected chi connectivity index (χ4v) is 1.94. The molecule has 1 aromatic rings. The third-order valence-corrected chi connectivity index (χ3v) is 2.76. The maximum absolute atomic E-state index is 4.43. The van der Waals surface area contributed by atoms with E-state index in [1.54, 1.807) is 0 Å². The molecule has 0 N–H and O–H groups in total. The highest BCUT2D eigenvalue weighted by Gasteiger charge is 2.12. The molecule has 0 unspecified atom stereocenters. The van der Waals surface area contributed by atoms with Gasteiger partial charge in [0, 0.05) is 19.3 Å². The van der Waals surface area contributed by atoms with Gasteiger partial charge < -0.3 is 4.90 Å². The van der Waals surface area contributed by atoms with E-state index in [0.717, 1.165) is 35.6 Å². The van der Waals surface area contributed by atoms with Gasteiger partial charge in [-0.2, -0.15) is 0 Å². The third-order valence-electron chi connectivity index (χ3n) is 2.20. The highest BCUT2D eigenvalue weighted by Crippen LogP contribution is 2.24. The van der Waals surface area contributed by atoms with Crippen molar-refractivity contribution in [2.75, 3.05) is 18.0 Å². The lowest BCUT2D eigenvalue weighted by molar-refractivity contribution is 0.794. The van der Waals surface area contributed by atoms with Gasteiger partial charge in [-0.25, -0.2) is 9.97 Å². The number of hydrogen-bond acceptors (Lipinski definition) is 3. The first-order valence-corrected chi connectivity index (χ1v) is 5.46. The molecule has 1 aromatic heterocycles. The molecule has 0 saturated heterocycles. The van der Waals surface area contributed by atoms with E-state index >= 15 is 0 Å². The van der Waals surface area contributed by atoms with Gasteiger partial charge in [-0.15, -0.1) is 0 Å². The Labute approximate surface area is 92.0 Å². The van der Waals surface area contributed by atoms with Crippen LogP contribution in [-0.4, -0.2) is 23.1 Å². The molecular weight excluding hydrogens is 242 g/mol. The lowest BCUT2D eigenvalue weighted by Crippen LogP contribution is -2.28. The molecule has 0 spiro atoms. The summed E-state index contributed by atoms with van der Waals surface area (Å²) < 4.78 is 0.971. The van der Waals surface area contributed by atoms with Crippen molar-refractivity contribution >= 4 is 21.7 Å². The molecule has 2 heterocycles. The monoisotopic (exact) mass is 253 g/mol. The van der Waals surface area contributed by atoms with E-state index < -0.39 is 0 Å². The summed E-state index contributed by atoms with van der Waals surface area (Å²) in [7, 11) is 0. The van der Waals surface area contributed by atoms with Crippen LogP contribution in [-0.2, 0) is 0 Å². The van der Waals surface area contributed by atoms with Crippen LogP contribution >= 0.6 is 15.9 Å². The minimum absolute atomic E-state index is 0.817. The van der Waals surface area contributed by atoms with Crippen molar-refractivity contribution in [1.82, 2.24) is 9.97 Å². The summed E-state index contributed by atoms with van der Waals surface area (Å²) in [6, 6.07) is 0. The second-order valence-electron chi connectivity index (χ2n) is 3.29. The summed E-state index contributed by atoms with van der Waals surface area (Å²) in [4.78, 5) is 10.8. The Morgan fingerprint density at radius 1 is 1.43 bits per heavy atom. The van der Waals surface area contributed by atoms with Crippen LogP contribution in [0.5, 0.6) is 0 Å². The number of halogens is 1. The van der Waals surface area contributed by atoms with Crippen LogP contribution in [0.2, 0.25) is 0 Å². The zero-order valence-electron chi connectivity index (χ0n) is 8.07. The molecule has 14 heavy (non-hydrogen) atoms. The smallest absolute Gasteiger partial charge is 0.146 e. The summed E-state index contributed by atoms with van der Waals surface area (Å²) in [5.41, 5.74) is 0. The second-order valence-corrected chi connectivity index (χ2v) is 4.15. The van der Waals surface area contributed by atoms with E-state index in [-0.39, 0.29) is 0 Å². The number of nitrogens with zero attached hydrogens (tertiary/aromatic N) is 3. The molecule has 0 amide bonds. The van der Waals surface area contributed by atoms with E-state index in [4.69, 9.17) is 0 Å². The fraction of sp³-hybridized carbons (Fsp3) is 0.400. The van der Waals surface area contributed by atoms with Crippen molar-refractivity contribution in [2.45, 2.75) is 13.3 Å². The molecule has 0 bridgehead atoms. The van der Waals surface area contributed by atoms with Crippen LogP contribution in [0.1, 0.15) is 12.2 Å². The highest BCUT2D eigenvalue weighted by atomic mass is 79.9. The zero-order valence-corrected chi connectivity index (χ0v) is 9.66. The Hall–Kier alpha value is -0.900. The van der Waals surface area contributed by atoms with Crippen LogP contribution in [0.25, 0.3) is 0 Å². The normalized spacial score (nSPS) is 16.0. The average Bonchev–Trinajstić information content (AvgIpc) is 2.23. The van der Waals surface area contributed by atoms with Gasteiger partial charge in [-0.3, -0.25) is 0 Å². The molecule has 74 valence electrons. The second kappa shape index (κ2) is 4.09. The van der Waals surface area contributed by atoms with Crippen molar-refractivity contribution < 1.29 is 0 Å². The Morgan fingerprint density at radius 3 is 3.00 bits per heavy atom. The number of hydrogen-bond donors (Lipinski definition) is 0. The Balaban J connectivity index is 2.30. The SMILES string of the molecule is Cc1ncc(Br)c(N2CC=CCC2)n1. The third kappa shape index (κ3) is 1.95. The lowest BCUT2D eigenvalue weighted by atomic mass is 10.2. The van der Waals surface area contributed by atoms with Gasteiger partial charge in [-0.05, 0) is 29.3 Å². The summed E-state index contributed by atoms with van der Waals surface area (Å²) in [5.74, 6) is 1.82. The molecule has 0 fully saturated rings. The molecule has 0 atom stereocenters. The van der Waals surface area contributed by atoms with Crippen LogP contribution in [0.3, 0.4) is 0 Å². The quantitative estimate of drug-likeness (QED) is 0.720. The van der Waals surface area contributed by atoms with Gasteiger partial charge in [-0.1, -0.05) is 12.2 Å². The zero-order chi connectivity index (χ0) is 9.97. The van der Waals surface area contributed by atoms with Crippen LogP contribution in [0, 0.1) is 6.92 Å². The van der Waals surface area contributed by atoms with Crippen molar-refractivity contribution in [2.24, 2.45) is 0 Å². The maximum atomic E-state index is 4.43. The molecule has 3 nitrogen and oxygen atoms in total. The molecule has 2 rings (SSSR count).